The molecule has 0 aliphatic heterocycles. The van der Waals surface area contributed by atoms with Gasteiger partial charge in [-0.15, -0.1) is 0 Å². The van der Waals surface area contributed by atoms with Crippen LogP contribution in [0.4, 0.5) is 13.2 Å². The van der Waals surface area contributed by atoms with Gasteiger partial charge in [0, 0.05) is 12.7 Å². The summed E-state index contributed by atoms with van der Waals surface area (Å²) in [6, 6.07) is 2.96. The second kappa shape index (κ2) is 6.53. The average Bonchev–Trinajstić information content (AvgIpc) is 2.35. The topological polar surface area (TPSA) is 55.8 Å². The Morgan fingerprint density at radius 1 is 1.37 bits per heavy atom. The SMILES string of the molecule is COCC(O)COc1ccc(C=O)cc1C(F)(F)F. The maximum absolute atomic E-state index is 12.8. The fraction of sp³-hybridized carbons (Fsp3) is 0.417. The Kier molecular flexibility index (Phi) is 5.31. The van der Waals surface area contributed by atoms with Gasteiger partial charge in [0.25, 0.3) is 0 Å². The maximum Gasteiger partial charge on any atom is 0.419 e. The normalized spacial score (nSPS) is 13.1. The molecule has 0 aromatic heterocycles. The molecule has 4 nitrogen and oxygen atoms in total. The summed E-state index contributed by atoms with van der Waals surface area (Å²) in [5.41, 5.74) is -1.15. The van der Waals surface area contributed by atoms with Gasteiger partial charge in [0.2, 0.25) is 0 Å². The van der Waals surface area contributed by atoms with Crippen LogP contribution in [0.15, 0.2) is 18.2 Å². The van der Waals surface area contributed by atoms with Gasteiger partial charge in [-0.2, -0.15) is 13.2 Å². The zero-order valence-corrected chi connectivity index (χ0v) is 10.1. The van der Waals surface area contributed by atoms with Crippen molar-refractivity contribution < 1.29 is 32.5 Å². The van der Waals surface area contributed by atoms with Gasteiger partial charge < -0.3 is 14.6 Å². The number of ether oxygens (including phenoxy) is 2. The van der Waals surface area contributed by atoms with Crippen LogP contribution in [-0.4, -0.2) is 37.8 Å². The van der Waals surface area contributed by atoms with Gasteiger partial charge in [0.1, 0.15) is 24.7 Å². The van der Waals surface area contributed by atoms with Gasteiger partial charge in [-0.25, -0.2) is 0 Å². The van der Waals surface area contributed by atoms with Gasteiger partial charge in [-0.05, 0) is 18.2 Å². The van der Waals surface area contributed by atoms with E-state index in [9.17, 15) is 23.1 Å². The van der Waals surface area contributed by atoms with E-state index < -0.39 is 23.6 Å². The smallest absolute Gasteiger partial charge is 0.419 e. The summed E-state index contributed by atoms with van der Waals surface area (Å²) >= 11 is 0. The molecule has 1 unspecified atom stereocenters. The first-order chi connectivity index (χ1) is 8.88. The van der Waals surface area contributed by atoms with Crippen molar-refractivity contribution in [2.45, 2.75) is 12.3 Å². The number of hydrogen-bond acceptors (Lipinski definition) is 4. The second-order valence-electron chi connectivity index (χ2n) is 3.79. The van der Waals surface area contributed by atoms with Gasteiger partial charge >= 0.3 is 6.18 Å². The molecule has 0 amide bonds. The third-order valence-electron chi connectivity index (χ3n) is 2.24. The molecule has 0 saturated carbocycles. The molecule has 1 atom stereocenters. The summed E-state index contributed by atoms with van der Waals surface area (Å²) in [6.45, 7) is -0.384. The van der Waals surface area contributed by atoms with E-state index >= 15 is 0 Å². The maximum atomic E-state index is 12.8. The summed E-state index contributed by atoms with van der Waals surface area (Å²) in [7, 11) is 1.35. The number of aliphatic hydroxyl groups is 1. The lowest BCUT2D eigenvalue weighted by Crippen LogP contribution is -2.23. The van der Waals surface area contributed by atoms with E-state index in [-0.39, 0.29) is 18.8 Å². The molecule has 0 fully saturated rings. The molecule has 106 valence electrons. The number of aldehydes is 1. The van der Waals surface area contributed by atoms with Crippen LogP contribution in [-0.2, 0) is 10.9 Å². The van der Waals surface area contributed by atoms with E-state index in [2.05, 4.69) is 4.74 Å². The number of carbonyl (C=O) groups is 1. The van der Waals surface area contributed by atoms with Gasteiger partial charge in [0.15, 0.2) is 0 Å². The van der Waals surface area contributed by atoms with Crippen LogP contribution in [0.25, 0.3) is 0 Å². The number of halogens is 3. The molecule has 1 aromatic carbocycles. The van der Waals surface area contributed by atoms with E-state index in [1.165, 1.54) is 13.2 Å². The Morgan fingerprint density at radius 2 is 2.05 bits per heavy atom. The lowest BCUT2D eigenvalue weighted by Gasteiger charge is -2.16. The van der Waals surface area contributed by atoms with Gasteiger partial charge in [-0.3, -0.25) is 4.79 Å². The Bertz CT molecular complexity index is 431. The molecule has 1 aromatic rings. The van der Waals surface area contributed by atoms with E-state index in [0.717, 1.165) is 6.07 Å². The van der Waals surface area contributed by atoms with E-state index in [1.54, 1.807) is 0 Å². The monoisotopic (exact) mass is 278 g/mol. The van der Waals surface area contributed by atoms with Crippen molar-refractivity contribution in [3.63, 3.8) is 0 Å². The molecular weight excluding hydrogens is 265 g/mol. The molecule has 1 N–H and O–H groups in total. The van der Waals surface area contributed by atoms with E-state index in [4.69, 9.17) is 4.74 Å². The number of hydrogen-bond donors (Lipinski definition) is 1. The largest absolute Gasteiger partial charge is 0.490 e. The highest BCUT2D eigenvalue weighted by molar-refractivity contribution is 5.75. The van der Waals surface area contributed by atoms with Crippen LogP contribution in [0.5, 0.6) is 5.75 Å². The summed E-state index contributed by atoms with van der Waals surface area (Å²) in [5.74, 6) is -0.437. The molecule has 0 radical (unpaired) electrons. The first-order valence-electron chi connectivity index (χ1n) is 5.34. The van der Waals surface area contributed by atoms with E-state index in [1.807, 2.05) is 0 Å². The lowest BCUT2D eigenvalue weighted by atomic mass is 10.1. The number of aliphatic hydroxyl groups excluding tert-OH is 1. The minimum atomic E-state index is -4.64. The van der Waals surface area contributed by atoms with Crippen molar-refractivity contribution in [1.29, 1.82) is 0 Å². The predicted octanol–water partition coefficient (Wildman–Crippen LogP) is 1.90. The summed E-state index contributed by atoms with van der Waals surface area (Å²) in [5, 5.41) is 9.32. The summed E-state index contributed by atoms with van der Waals surface area (Å²) < 4.78 is 47.8. The van der Waals surface area contributed by atoms with E-state index in [0.29, 0.717) is 12.4 Å². The molecular formula is C12H13F3O4. The highest BCUT2D eigenvalue weighted by Gasteiger charge is 2.34. The van der Waals surface area contributed by atoms with Crippen LogP contribution in [0, 0.1) is 0 Å². The zero-order valence-electron chi connectivity index (χ0n) is 10.1. The molecule has 0 aliphatic carbocycles. The third kappa shape index (κ3) is 4.53. The number of carbonyl (C=O) groups excluding carboxylic acids is 1. The van der Waals surface area contributed by atoms with Crippen molar-refractivity contribution in [3.8, 4) is 5.75 Å². The quantitative estimate of drug-likeness (QED) is 0.807. The van der Waals surface area contributed by atoms with Crippen LogP contribution >= 0.6 is 0 Å². The number of methoxy groups -OCH3 is 1. The molecule has 7 heteroatoms. The first kappa shape index (κ1) is 15.5. The Balaban J connectivity index is 2.90. The Morgan fingerprint density at radius 3 is 2.58 bits per heavy atom. The van der Waals surface area contributed by atoms with Gasteiger partial charge in [-0.1, -0.05) is 0 Å². The number of rotatable bonds is 6. The van der Waals surface area contributed by atoms with Crippen LogP contribution in [0.1, 0.15) is 15.9 Å². The Hall–Kier alpha value is -1.60. The fourth-order valence-corrected chi connectivity index (χ4v) is 1.39. The molecule has 19 heavy (non-hydrogen) atoms. The van der Waals surface area contributed by atoms with Gasteiger partial charge in [0.05, 0.1) is 12.2 Å². The highest BCUT2D eigenvalue weighted by Crippen LogP contribution is 2.36. The molecule has 0 saturated heterocycles. The third-order valence-corrected chi connectivity index (χ3v) is 2.24. The summed E-state index contributed by atoms with van der Waals surface area (Å²) in [4.78, 5) is 10.5. The molecule has 1 rings (SSSR count). The minimum absolute atomic E-state index is 0.0478. The first-order valence-corrected chi connectivity index (χ1v) is 5.34. The summed E-state index contributed by atoms with van der Waals surface area (Å²) in [6.07, 6.45) is -5.35. The molecule has 0 spiro atoms. The highest BCUT2D eigenvalue weighted by atomic mass is 19.4. The minimum Gasteiger partial charge on any atom is -0.490 e. The molecule has 0 heterocycles. The van der Waals surface area contributed by atoms with Crippen molar-refractivity contribution in [1.82, 2.24) is 0 Å². The zero-order chi connectivity index (χ0) is 14.5. The number of alkyl halides is 3. The lowest BCUT2D eigenvalue weighted by molar-refractivity contribution is -0.139. The fourth-order valence-electron chi connectivity index (χ4n) is 1.39. The standard InChI is InChI=1S/C12H13F3O4/c1-18-6-9(17)7-19-11-3-2-8(5-16)4-10(11)12(13,14)15/h2-5,9,17H,6-7H2,1H3. The average molecular weight is 278 g/mol. The van der Waals surface area contributed by atoms with Crippen molar-refractivity contribution >= 4 is 6.29 Å². The van der Waals surface area contributed by atoms with Crippen molar-refractivity contribution in [3.05, 3.63) is 29.3 Å². The predicted molar refractivity (Wildman–Crippen MR) is 60.2 cm³/mol. The van der Waals surface area contributed by atoms with Crippen LogP contribution in [0.3, 0.4) is 0 Å². The molecule has 0 aliphatic rings. The number of benzene rings is 1. The van der Waals surface area contributed by atoms with Crippen molar-refractivity contribution in [2.24, 2.45) is 0 Å². The van der Waals surface area contributed by atoms with Crippen molar-refractivity contribution in [2.75, 3.05) is 20.3 Å². The van der Waals surface area contributed by atoms with Crippen LogP contribution in [0.2, 0.25) is 0 Å². The Labute approximate surface area is 107 Å². The van der Waals surface area contributed by atoms with Crippen LogP contribution < -0.4 is 4.74 Å². The molecule has 0 bridgehead atoms. The second-order valence-corrected chi connectivity index (χ2v) is 3.79.